The maximum atomic E-state index is 12.6. The van der Waals surface area contributed by atoms with Crippen LogP contribution in [0.3, 0.4) is 0 Å². The molecule has 10 heteroatoms. The van der Waals surface area contributed by atoms with Crippen LogP contribution in [0.25, 0.3) is 10.9 Å². The van der Waals surface area contributed by atoms with Gasteiger partial charge in [-0.25, -0.2) is 14.8 Å². The summed E-state index contributed by atoms with van der Waals surface area (Å²) in [7, 11) is 6.26. The van der Waals surface area contributed by atoms with Crippen molar-refractivity contribution in [2.45, 2.75) is 6.54 Å². The number of nitrogens with one attached hydrogen (secondary N) is 3. The van der Waals surface area contributed by atoms with Gasteiger partial charge in [-0.2, -0.15) is 0 Å². The largest absolute Gasteiger partial charge is 0.497 e. The number of benzene rings is 3. The molecule has 36 heavy (non-hydrogen) atoms. The molecule has 1 aromatic heterocycles. The van der Waals surface area contributed by atoms with Crippen molar-refractivity contribution in [2.24, 2.45) is 0 Å². The van der Waals surface area contributed by atoms with Crippen molar-refractivity contribution in [3.63, 3.8) is 0 Å². The summed E-state index contributed by atoms with van der Waals surface area (Å²) in [6, 6.07) is 15.9. The van der Waals surface area contributed by atoms with E-state index in [0.717, 1.165) is 16.5 Å². The van der Waals surface area contributed by atoms with Gasteiger partial charge in [-0.15, -0.1) is 0 Å². The van der Waals surface area contributed by atoms with Crippen LogP contribution in [0.15, 0.2) is 60.9 Å². The molecule has 0 atom stereocenters. The molecule has 186 valence electrons. The van der Waals surface area contributed by atoms with E-state index in [-0.39, 0.29) is 0 Å². The number of anilines is 3. The van der Waals surface area contributed by atoms with Crippen molar-refractivity contribution in [2.75, 3.05) is 44.4 Å². The lowest BCUT2D eigenvalue weighted by Gasteiger charge is -2.14. The van der Waals surface area contributed by atoms with Crippen LogP contribution in [0.2, 0.25) is 0 Å². The molecule has 0 saturated heterocycles. The molecule has 0 aliphatic carbocycles. The standard InChI is InChI=1S/C26H27N5O5/c1-33-18-8-9-22(34-2)21(11-18)31-26(32)30-17-7-5-6-16(10-17)14-27-25-19-12-23(35-3)24(36-4)13-20(19)28-15-29-25/h5-13,15H,14H2,1-4H3,(H,27,28,29)(H2,30,31,32). The Hall–Kier alpha value is -4.73. The smallest absolute Gasteiger partial charge is 0.323 e. The first kappa shape index (κ1) is 24.4. The fraction of sp³-hybridized carbons (Fsp3) is 0.192. The molecular weight excluding hydrogens is 462 g/mol. The zero-order valence-corrected chi connectivity index (χ0v) is 20.4. The van der Waals surface area contributed by atoms with Crippen LogP contribution in [0.5, 0.6) is 23.0 Å². The summed E-state index contributed by atoms with van der Waals surface area (Å²) in [5.41, 5.74) is 2.80. The Kier molecular flexibility index (Phi) is 7.54. The van der Waals surface area contributed by atoms with Crippen LogP contribution in [-0.2, 0) is 6.54 Å². The van der Waals surface area contributed by atoms with Crippen LogP contribution < -0.4 is 34.9 Å². The third-order valence-electron chi connectivity index (χ3n) is 5.44. The van der Waals surface area contributed by atoms with Crippen LogP contribution in [0.1, 0.15) is 5.56 Å². The lowest BCUT2D eigenvalue weighted by molar-refractivity contribution is 0.262. The first-order valence-electron chi connectivity index (χ1n) is 11.0. The van der Waals surface area contributed by atoms with E-state index < -0.39 is 6.03 Å². The molecule has 1 heterocycles. The van der Waals surface area contributed by atoms with E-state index in [2.05, 4.69) is 25.9 Å². The minimum atomic E-state index is -0.408. The van der Waals surface area contributed by atoms with E-state index in [1.165, 1.54) is 13.4 Å². The Morgan fingerprint density at radius 3 is 2.33 bits per heavy atom. The molecule has 10 nitrogen and oxygen atoms in total. The lowest BCUT2D eigenvalue weighted by Crippen LogP contribution is -2.20. The van der Waals surface area contributed by atoms with Crippen molar-refractivity contribution < 1.29 is 23.7 Å². The van der Waals surface area contributed by atoms with Crippen LogP contribution in [0, 0.1) is 0 Å². The number of ether oxygens (including phenoxy) is 4. The number of fused-ring (bicyclic) bond motifs is 1. The highest BCUT2D eigenvalue weighted by atomic mass is 16.5. The van der Waals surface area contributed by atoms with E-state index in [9.17, 15) is 4.79 Å². The average Bonchev–Trinajstić information content (AvgIpc) is 2.91. The van der Waals surface area contributed by atoms with Gasteiger partial charge in [-0.05, 0) is 35.9 Å². The number of hydrogen-bond acceptors (Lipinski definition) is 8. The monoisotopic (exact) mass is 489 g/mol. The first-order chi connectivity index (χ1) is 17.5. The predicted octanol–water partition coefficient (Wildman–Crippen LogP) is 4.92. The van der Waals surface area contributed by atoms with E-state index in [1.807, 2.05) is 36.4 Å². The van der Waals surface area contributed by atoms with E-state index in [4.69, 9.17) is 18.9 Å². The second kappa shape index (κ2) is 11.1. The highest BCUT2D eigenvalue weighted by Gasteiger charge is 2.12. The van der Waals surface area contributed by atoms with Gasteiger partial charge >= 0.3 is 6.03 Å². The molecule has 0 fully saturated rings. The van der Waals surface area contributed by atoms with Crippen LogP contribution >= 0.6 is 0 Å². The van der Waals surface area contributed by atoms with Crippen molar-refractivity contribution in [1.29, 1.82) is 0 Å². The van der Waals surface area contributed by atoms with E-state index in [1.54, 1.807) is 39.5 Å². The van der Waals surface area contributed by atoms with Gasteiger partial charge in [-0.1, -0.05) is 12.1 Å². The summed E-state index contributed by atoms with van der Waals surface area (Å²) in [5, 5.41) is 9.77. The van der Waals surface area contributed by atoms with Gasteiger partial charge in [0.05, 0.1) is 39.6 Å². The Balaban J connectivity index is 1.46. The Labute approximate surface area is 208 Å². The Morgan fingerprint density at radius 2 is 1.58 bits per heavy atom. The number of amides is 2. The zero-order valence-electron chi connectivity index (χ0n) is 20.4. The Bertz CT molecular complexity index is 1380. The van der Waals surface area contributed by atoms with Gasteiger partial charge in [-0.3, -0.25) is 0 Å². The number of aromatic nitrogens is 2. The number of nitrogens with zero attached hydrogens (tertiary/aromatic N) is 2. The van der Waals surface area contributed by atoms with Gasteiger partial charge in [0.25, 0.3) is 0 Å². The average molecular weight is 490 g/mol. The molecule has 4 aromatic rings. The summed E-state index contributed by atoms with van der Waals surface area (Å²) >= 11 is 0. The number of hydrogen-bond donors (Lipinski definition) is 3. The summed E-state index contributed by atoms with van der Waals surface area (Å²) in [5.74, 6) is 2.97. The molecule has 0 saturated carbocycles. The summed E-state index contributed by atoms with van der Waals surface area (Å²) < 4.78 is 21.3. The molecular formula is C26H27N5O5. The van der Waals surface area contributed by atoms with E-state index in [0.29, 0.717) is 46.7 Å². The molecule has 3 N–H and O–H groups in total. The van der Waals surface area contributed by atoms with Crippen molar-refractivity contribution in [3.05, 3.63) is 66.5 Å². The highest BCUT2D eigenvalue weighted by Crippen LogP contribution is 2.34. The SMILES string of the molecule is COc1ccc(OC)c(NC(=O)Nc2cccc(CNc3ncnc4cc(OC)c(OC)cc34)c2)c1. The van der Waals surface area contributed by atoms with Crippen LogP contribution in [-0.4, -0.2) is 44.4 Å². The third kappa shape index (κ3) is 5.49. The fourth-order valence-electron chi connectivity index (χ4n) is 3.67. The third-order valence-corrected chi connectivity index (χ3v) is 5.44. The first-order valence-corrected chi connectivity index (χ1v) is 11.0. The molecule has 3 aromatic carbocycles. The predicted molar refractivity (Wildman–Crippen MR) is 139 cm³/mol. The highest BCUT2D eigenvalue weighted by molar-refractivity contribution is 6.01. The maximum Gasteiger partial charge on any atom is 0.323 e. The van der Waals surface area contributed by atoms with Gasteiger partial charge in [0.2, 0.25) is 0 Å². The molecule has 0 radical (unpaired) electrons. The lowest BCUT2D eigenvalue weighted by atomic mass is 10.1. The molecule has 0 unspecified atom stereocenters. The van der Waals surface area contributed by atoms with Gasteiger partial charge in [0.1, 0.15) is 23.6 Å². The number of carbonyl (C=O) groups excluding carboxylic acids is 1. The number of carbonyl (C=O) groups is 1. The number of urea groups is 1. The molecule has 0 bridgehead atoms. The minimum Gasteiger partial charge on any atom is -0.497 e. The molecule has 0 aliphatic rings. The second-order valence-electron chi connectivity index (χ2n) is 7.65. The van der Waals surface area contributed by atoms with Crippen LogP contribution in [0.4, 0.5) is 22.0 Å². The summed E-state index contributed by atoms with van der Waals surface area (Å²) in [6.45, 7) is 0.474. The number of rotatable bonds is 9. The topological polar surface area (TPSA) is 116 Å². The molecule has 0 aliphatic heterocycles. The van der Waals surface area contributed by atoms with Gasteiger partial charge < -0.3 is 34.9 Å². The Morgan fingerprint density at radius 1 is 0.806 bits per heavy atom. The van der Waals surface area contributed by atoms with Crippen molar-refractivity contribution >= 4 is 34.1 Å². The fourth-order valence-corrected chi connectivity index (χ4v) is 3.67. The van der Waals surface area contributed by atoms with Gasteiger partial charge in [0.15, 0.2) is 11.5 Å². The number of methoxy groups -OCH3 is 4. The summed E-state index contributed by atoms with van der Waals surface area (Å²) in [6.07, 6.45) is 1.49. The second-order valence-corrected chi connectivity index (χ2v) is 7.65. The zero-order chi connectivity index (χ0) is 25.5. The quantitative estimate of drug-likeness (QED) is 0.303. The maximum absolute atomic E-state index is 12.6. The normalized spacial score (nSPS) is 10.4. The molecule has 0 spiro atoms. The van der Waals surface area contributed by atoms with Crippen molar-refractivity contribution in [1.82, 2.24) is 9.97 Å². The summed E-state index contributed by atoms with van der Waals surface area (Å²) in [4.78, 5) is 21.3. The molecule has 2 amide bonds. The van der Waals surface area contributed by atoms with Crippen molar-refractivity contribution in [3.8, 4) is 23.0 Å². The van der Waals surface area contributed by atoms with Gasteiger partial charge in [0, 0.05) is 29.8 Å². The van der Waals surface area contributed by atoms with E-state index >= 15 is 0 Å². The molecule has 4 rings (SSSR count). The minimum absolute atomic E-state index is 0.408.